The minimum absolute atomic E-state index is 0.109. The van der Waals surface area contributed by atoms with Gasteiger partial charge in [0.15, 0.2) is 0 Å². The van der Waals surface area contributed by atoms with Gasteiger partial charge in [-0.1, -0.05) is 15.9 Å². The zero-order valence-electron chi connectivity index (χ0n) is 10.6. The molecule has 7 heteroatoms. The van der Waals surface area contributed by atoms with E-state index in [4.69, 9.17) is 5.73 Å². The molecule has 3 N–H and O–H groups in total. The van der Waals surface area contributed by atoms with Gasteiger partial charge in [0.1, 0.15) is 12.2 Å². The number of H-pyrrole nitrogens is 1. The van der Waals surface area contributed by atoms with Crippen molar-refractivity contribution in [2.24, 2.45) is 0 Å². The lowest BCUT2D eigenvalue weighted by Crippen LogP contribution is -2.27. The first-order valence-electron chi connectivity index (χ1n) is 5.64. The fourth-order valence-corrected chi connectivity index (χ4v) is 2.21. The third-order valence-electron chi connectivity index (χ3n) is 2.84. The van der Waals surface area contributed by atoms with Crippen molar-refractivity contribution in [2.75, 3.05) is 12.8 Å². The van der Waals surface area contributed by atoms with Gasteiger partial charge in [0.05, 0.1) is 6.54 Å². The molecular weight excluding hydrogens is 310 g/mol. The van der Waals surface area contributed by atoms with Crippen LogP contribution >= 0.6 is 15.9 Å². The number of nitrogens with one attached hydrogen (secondary N) is 1. The number of aromatic nitrogens is 3. The molecule has 1 aromatic carbocycles. The number of aromatic amines is 1. The Labute approximate surface area is 119 Å². The summed E-state index contributed by atoms with van der Waals surface area (Å²) < 4.78 is 0.784. The molecule has 100 valence electrons. The highest BCUT2D eigenvalue weighted by Crippen LogP contribution is 2.23. The molecule has 0 unspecified atom stereocenters. The highest BCUT2D eigenvalue weighted by atomic mass is 79.9. The zero-order chi connectivity index (χ0) is 14.0. The van der Waals surface area contributed by atoms with E-state index in [1.807, 2.05) is 6.92 Å². The number of nitrogens with zero attached hydrogens (tertiary/aromatic N) is 3. The van der Waals surface area contributed by atoms with E-state index in [0.717, 1.165) is 10.0 Å². The molecule has 1 aromatic heterocycles. The standard InChI is InChI=1S/C12H14BrN5O/c1-7-9(3-8(13)4-10(7)14)12(19)18(2)5-11-15-6-16-17-11/h3-4,6H,5,14H2,1-2H3,(H,15,16,17). The van der Waals surface area contributed by atoms with Crippen LogP contribution in [0.25, 0.3) is 0 Å². The van der Waals surface area contributed by atoms with Crippen molar-refractivity contribution in [3.05, 3.63) is 39.9 Å². The lowest BCUT2D eigenvalue weighted by atomic mass is 10.1. The highest BCUT2D eigenvalue weighted by molar-refractivity contribution is 9.10. The van der Waals surface area contributed by atoms with Crippen LogP contribution in [0.4, 0.5) is 5.69 Å². The third-order valence-corrected chi connectivity index (χ3v) is 3.30. The monoisotopic (exact) mass is 323 g/mol. The second-order valence-corrected chi connectivity index (χ2v) is 5.18. The van der Waals surface area contributed by atoms with Gasteiger partial charge in [-0.3, -0.25) is 9.89 Å². The molecule has 2 aromatic rings. The van der Waals surface area contributed by atoms with E-state index in [2.05, 4.69) is 31.1 Å². The smallest absolute Gasteiger partial charge is 0.254 e. The molecule has 1 amide bonds. The summed E-state index contributed by atoms with van der Waals surface area (Å²) in [4.78, 5) is 17.9. The Hall–Kier alpha value is -1.89. The van der Waals surface area contributed by atoms with Crippen LogP contribution in [0.15, 0.2) is 22.9 Å². The van der Waals surface area contributed by atoms with Crippen LogP contribution in [0.3, 0.4) is 0 Å². The fourth-order valence-electron chi connectivity index (χ4n) is 1.73. The molecule has 0 radical (unpaired) electrons. The summed E-state index contributed by atoms with van der Waals surface area (Å²) in [7, 11) is 1.71. The predicted molar refractivity (Wildman–Crippen MR) is 75.5 cm³/mol. The quantitative estimate of drug-likeness (QED) is 0.842. The van der Waals surface area contributed by atoms with Gasteiger partial charge in [0.2, 0.25) is 0 Å². The number of nitrogens with two attached hydrogens (primary N) is 1. The maximum Gasteiger partial charge on any atom is 0.254 e. The number of carbonyl (C=O) groups excluding carboxylic acids is 1. The number of carbonyl (C=O) groups is 1. The Bertz CT molecular complexity index is 596. The molecule has 19 heavy (non-hydrogen) atoms. The van der Waals surface area contributed by atoms with Crippen LogP contribution in [0.5, 0.6) is 0 Å². The summed E-state index contributed by atoms with van der Waals surface area (Å²) in [6, 6.07) is 3.55. The van der Waals surface area contributed by atoms with Gasteiger partial charge in [-0.25, -0.2) is 4.98 Å². The molecule has 0 saturated carbocycles. The molecule has 0 aliphatic heterocycles. The number of halogens is 1. The Morgan fingerprint density at radius 3 is 2.89 bits per heavy atom. The molecule has 0 spiro atoms. The number of hydrogen-bond donors (Lipinski definition) is 2. The Kier molecular flexibility index (Phi) is 3.84. The van der Waals surface area contributed by atoms with Crippen LogP contribution < -0.4 is 5.73 Å². The van der Waals surface area contributed by atoms with E-state index in [9.17, 15) is 4.79 Å². The summed E-state index contributed by atoms with van der Waals surface area (Å²) in [5.41, 5.74) is 7.81. The van der Waals surface area contributed by atoms with Crippen molar-refractivity contribution in [1.29, 1.82) is 0 Å². The number of rotatable bonds is 3. The molecule has 0 atom stereocenters. The number of amides is 1. The molecule has 0 aliphatic rings. The van der Waals surface area contributed by atoms with E-state index < -0.39 is 0 Å². The molecule has 2 rings (SSSR count). The second-order valence-electron chi connectivity index (χ2n) is 4.26. The van der Waals surface area contributed by atoms with Gasteiger partial charge in [-0.2, -0.15) is 5.10 Å². The highest BCUT2D eigenvalue weighted by Gasteiger charge is 2.17. The zero-order valence-corrected chi connectivity index (χ0v) is 12.2. The summed E-state index contributed by atoms with van der Waals surface area (Å²) in [5.74, 6) is 0.526. The molecular formula is C12H14BrN5O. The average Bonchev–Trinajstić information content (AvgIpc) is 2.85. The Balaban J connectivity index is 2.24. The largest absolute Gasteiger partial charge is 0.398 e. The second kappa shape index (κ2) is 5.40. The third kappa shape index (κ3) is 2.93. The average molecular weight is 324 g/mol. The number of benzene rings is 1. The van der Waals surface area contributed by atoms with Crippen LogP contribution in [0.2, 0.25) is 0 Å². The molecule has 0 bridgehead atoms. The fraction of sp³-hybridized carbons (Fsp3) is 0.250. The number of hydrogen-bond acceptors (Lipinski definition) is 4. The number of nitrogen functional groups attached to an aromatic ring is 1. The van der Waals surface area contributed by atoms with Gasteiger partial charge in [-0.05, 0) is 24.6 Å². The van der Waals surface area contributed by atoms with Gasteiger partial charge >= 0.3 is 0 Å². The predicted octanol–water partition coefficient (Wildman–Crippen LogP) is 1.73. The van der Waals surface area contributed by atoms with Crippen LogP contribution in [0, 0.1) is 6.92 Å². The van der Waals surface area contributed by atoms with Gasteiger partial charge in [0.25, 0.3) is 5.91 Å². The van der Waals surface area contributed by atoms with Crippen molar-refractivity contribution >= 4 is 27.5 Å². The summed E-state index contributed by atoms with van der Waals surface area (Å²) >= 11 is 3.35. The minimum Gasteiger partial charge on any atom is -0.398 e. The van der Waals surface area contributed by atoms with Crippen molar-refractivity contribution < 1.29 is 4.79 Å². The summed E-state index contributed by atoms with van der Waals surface area (Å²) in [5, 5.41) is 6.47. The van der Waals surface area contributed by atoms with Crippen molar-refractivity contribution in [1.82, 2.24) is 20.1 Å². The molecule has 0 aliphatic carbocycles. The van der Waals surface area contributed by atoms with E-state index in [-0.39, 0.29) is 5.91 Å². The van der Waals surface area contributed by atoms with Gasteiger partial charge in [0, 0.05) is 22.8 Å². The van der Waals surface area contributed by atoms with Crippen LogP contribution in [-0.4, -0.2) is 33.0 Å². The van der Waals surface area contributed by atoms with Crippen molar-refractivity contribution in [2.45, 2.75) is 13.5 Å². The first kappa shape index (κ1) is 13.5. The van der Waals surface area contributed by atoms with Crippen LogP contribution in [-0.2, 0) is 6.54 Å². The normalized spacial score (nSPS) is 10.5. The number of anilines is 1. The summed E-state index contributed by atoms with van der Waals surface area (Å²) in [6.45, 7) is 2.20. The molecule has 6 nitrogen and oxygen atoms in total. The van der Waals surface area contributed by atoms with Crippen molar-refractivity contribution in [3.8, 4) is 0 Å². The Morgan fingerprint density at radius 2 is 2.26 bits per heavy atom. The van der Waals surface area contributed by atoms with Crippen LogP contribution in [0.1, 0.15) is 21.7 Å². The topological polar surface area (TPSA) is 87.9 Å². The first-order valence-corrected chi connectivity index (χ1v) is 6.43. The van der Waals surface area contributed by atoms with E-state index in [1.165, 1.54) is 6.33 Å². The SMILES string of the molecule is Cc1c(N)cc(Br)cc1C(=O)N(C)Cc1ncn[nH]1. The van der Waals surface area contributed by atoms with E-state index in [1.54, 1.807) is 24.1 Å². The van der Waals surface area contributed by atoms with E-state index >= 15 is 0 Å². The Morgan fingerprint density at radius 1 is 1.53 bits per heavy atom. The minimum atomic E-state index is -0.109. The first-order chi connectivity index (χ1) is 8.99. The lowest BCUT2D eigenvalue weighted by Gasteiger charge is -2.18. The maximum atomic E-state index is 12.4. The summed E-state index contributed by atoms with van der Waals surface area (Å²) in [6.07, 6.45) is 1.41. The molecule has 0 fully saturated rings. The molecule has 0 saturated heterocycles. The lowest BCUT2D eigenvalue weighted by molar-refractivity contribution is 0.0781. The maximum absolute atomic E-state index is 12.4. The van der Waals surface area contributed by atoms with Gasteiger partial charge < -0.3 is 10.6 Å². The van der Waals surface area contributed by atoms with E-state index in [0.29, 0.717) is 23.6 Å². The van der Waals surface area contributed by atoms with Crippen molar-refractivity contribution in [3.63, 3.8) is 0 Å². The molecule has 1 heterocycles. The van der Waals surface area contributed by atoms with Gasteiger partial charge in [-0.15, -0.1) is 0 Å².